The van der Waals surface area contributed by atoms with Crippen LogP contribution in [0.15, 0.2) is 45.6 Å². The van der Waals surface area contributed by atoms with Crippen LogP contribution in [-0.4, -0.2) is 24.2 Å². The van der Waals surface area contributed by atoms with Crippen molar-refractivity contribution < 1.29 is 14.3 Å². The number of benzene rings is 2. The minimum absolute atomic E-state index is 0.0147. The number of aryl methyl sites for hydroxylation is 1. The standard InChI is InChI=1S/C27H32N2O4/c1-16-14-20(18(3)28-22-9-7-6-8-19(22)26(31)32)24-21(15-16)23(30)17(2)25(33-24)29-12-10-27(4,5)11-13-29/h6-9,14-15,18,28H,10-13H2,1-5H3,(H,31,32)/t18-/m1/s1. The average Bonchev–Trinajstić information content (AvgIpc) is 2.76. The van der Waals surface area contributed by atoms with Crippen LogP contribution in [0.2, 0.25) is 0 Å². The number of nitrogens with zero attached hydrogens (tertiary/aromatic N) is 1. The van der Waals surface area contributed by atoms with E-state index in [-0.39, 0.29) is 17.0 Å². The lowest BCUT2D eigenvalue weighted by Gasteiger charge is -2.37. The van der Waals surface area contributed by atoms with Gasteiger partial charge in [-0.05, 0) is 62.8 Å². The van der Waals surface area contributed by atoms with Gasteiger partial charge in [0.05, 0.1) is 22.6 Å². The number of fused-ring (bicyclic) bond motifs is 1. The molecule has 3 aromatic rings. The maximum atomic E-state index is 13.4. The van der Waals surface area contributed by atoms with Crippen molar-refractivity contribution in [2.24, 2.45) is 5.41 Å². The zero-order valence-electron chi connectivity index (χ0n) is 20.0. The summed E-state index contributed by atoms with van der Waals surface area (Å²) in [5.41, 5.74) is 3.99. The van der Waals surface area contributed by atoms with E-state index in [1.807, 2.05) is 32.9 Å². The summed E-state index contributed by atoms with van der Waals surface area (Å²) < 4.78 is 6.47. The summed E-state index contributed by atoms with van der Waals surface area (Å²) in [6, 6.07) is 10.4. The Labute approximate surface area is 194 Å². The number of carboxylic acids is 1. The largest absolute Gasteiger partial charge is 0.478 e. The first-order chi connectivity index (χ1) is 15.6. The Kier molecular flexibility index (Phi) is 5.95. The third kappa shape index (κ3) is 4.47. The summed E-state index contributed by atoms with van der Waals surface area (Å²) in [7, 11) is 0. The number of anilines is 2. The van der Waals surface area contributed by atoms with Gasteiger partial charge in [0, 0.05) is 24.3 Å². The SMILES string of the molecule is Cc1cc([C@@H](C)Nc2ccccc2C(=O)O)c2oc(N3CCC(C)(C)CC3)c(C)c(=O)c2c1. The second kappa shape index (κ2) is 8.58. The van der Waals surface area contributed by atoms with Crippen LogP contribution in [0.1, 0.15) is 66.7 Å². The van der Waals surface area contributed by atoms with Crippen molar-refractivity contribution >= 4 is 28.5 Å². The van der Waals surface area contributed by atoms with Crippen molar-refractivity contribution in [3.63, 3.8) is 0 Å². The molecule has 6 heteroatoms. The van der Waals surface area contributed by atoms with Gasteiger partial charge in [-0.3, -0.25) is 4.79 Å². The van der Waals surface area contributed by atoms with Crippen LogP contribution < -0.4 is 15.6 Å². The van der Waals surface area contributed by atoms with Crippen LogP contribution in [0, 0.1) is 19.3 Å². The molecule has 1 aliphatic heterocycles. The molecule has 1 aliphatic rings. The monoisotopic (exact) mass is 448 g/mol. The maximum Gasteiger partial charge on any atom is 0.337 e. The fourth-order valence-electron chi connectivity index (χ4n) is 4.60. The molecule has 1 fully saturated rings. The molecule has 0 spiro atoms. The Morgan fingerprint density at radius 1 is 1.15 bits per heavy atom. The van der Waals surface area contributed by atoms with Gasteiger partial charge in [-0.25, -0.2) is 4.79 Å². The topological polar surface area (TPSA) is 82.8 Å². The highest BCUT2D eigenvalue weighted by atomic mass is 16.4. The minimum atomic E-state index is -0.989. The van der Waals surface area contributed by atoms with Gasteiger partial charge in [0.25, 0.3) is 0 Å². The fraction of sp³-hybridized carbons (Fsp3) is 0.407. The number of hydrogen-bond acceptors (Lipinski definition) is 5. The fourth-order valence-corrected chi connectivity index (χ4v) is 4.60. The van der Waals surface area contributed by atoms with Crippen LogP contribution in [0.25, 0.3) is 11.0 Å². The van der Waals surface area contributed by atoms with Crippen LogP contribution in [-0.2, 0) is 0 Å². The second-order valence-corrected chi connectivity index (χ2v) is 9.96. The van der Waals surface area contributed by atoms with E-state index in [9.17, 15) is 14.7 Å². The van der Waals surface area contributed by atoms with Crippen molar-refractivity contribution in [2.45, 2.75) is 53.5 Å². The van der Waals surface area contributed by atoms with Gasteiger partial charge in [0.2, 0.25) is 5.88 Å². The van der Waals surface area contributed by atoms with E-state index in [0.29, 0.717) is 33.5 Å². The molecule has 174 valence electrons. The molecule has 0 unspecified atom stereocenters. The third-order valence-corrected chi connectivity index (χ3v) is 6.77. The summed E-state index contributed by atoms with van der Waals surface area (Å²) in [5.74, 6) is -0.344. The molecule has 33 heavy (non-hydrogen) atoms. The molecule has 6 nitrogen and oxygen atoms in total. The zero-order chi connectivity index (χ0) is 23.9. The molecule has 2 N–H and O–H groups in total. The van der Waals surface area contributed by atoms with E-state index in [1.54, 1.807) is 24.3 Å². The van der Waals surface area contributed by atoms with Gasteiger partial charge < -0.3 is 19.7 Å². The van der Waals surface area contributed by atoms with Crippen molar-refractivity contribution in [1.82, 2.24) is 0 Å². The molecule has 0 amide bonds. The van der Waals surface area contributed by atoms with E-state index >= 15 is 0 Å². The lowest BCUT2D eigenvalue weighted by molar-refractivity contribution is 0.0698. The minimum Gasteiger partial charge on any atom is -0.478 e. The summed E-state index contributed by atoms with van der Waals surface area (Å²) in [6.07, 6.45) is 2.08. The van der Waals surface area contributed by atoms with Gasteiger partial charge in [-0.2, -0.15) is 0 Å². The van der Waals surface area contributed by atoms with Gasteiger partial charge >= 0.3 is 5.97 Å². The quantitative estimate of drug-likeness (QED) is 0.505. The summed E-state index contributed by atoms with van der Waals surface area (Å²) in [4.78, 5) is 27.2. The van der Waals surface area contributed by atoms with Gasteiger partial charge in [-0.15, -0.1) is 0 Å². The van der Waals surface area contributed by atoms with Gasteiger partial charge in [0.15, 0.2) is 5.43 Å². The lowest BCUT2D eigenvalue weighted by atomic mass is 9.82. The molecular formula is C27H32N2O4. The first-order valence-corrected chi connectivity index (χ1v) is 11.5. The van der Waals surface area contributed by atoms with Gasteiger partial charge in [0.1, 0.15) is 5.58 Å². The smallest absolute Gasteiger partial charge is 0.337 e. The van der Waals surface area contributed by atoms with Crippen LogP contribution >= 0.6 is 0 Å². The van der Waals surface area contributed by atoms with Crippen LogP contribution in [0.4, 0.5) is 11.6 Å². The second-order valence-electron chi connectivity index (χ2n) is 9.96. The lowest BCUT2D eigenvalue weighted by Crippen LogP contribution is -2.38. The number of nitrogens with one attached hydrogen (secondary N) is 1. The third-order valence-electron chi connectivity index (χ3n) is 6.77. The molecule has 2 aromatic carbocycles. The van der Waals surface area contributed by atoms with Crippen molar-refractivity contribution in [3.05, 3.63) is 68.9 Å². The van der Waals surface area contributed by atoms with Gasteiger partial charge in [-0.1, -0.05) is 32.0 Å². The molecule has 1 aromatic heterocycles. The predicted octanol–water partition coefficient (Wildman–Crippen LogP) is 5.91. The normalized spacial score (nSPS) is 16.6. The van der Waals surface area contributed by atoms with Crippen LogP contribution in [0.3, 0.4) is 0 Å². The number of hydrogen-bond donors (Lipinski definition) is 2. The molecule has 0 aliphatic carbocycles. The molecule has 0 bridgehead atoms. The Hall–Kier alpha value is -3.28. The Morgan fingerprint density at radius 2 is 1.82 bits per heavy atom. The average molecular weight is 449 g/mol. The highest BCUT2D eigenvalue weighted by Crippen LogP contribution is 2.36. The maximum absolute atomic E-state index is 13.4. The molecule has 0 radical (unpaired) electrons. The molecular weight excluding hydrogens is 416 g/mol. The van der Waals surface area contributed by atoms with E-state index in [4.69, 9.17) is 4.42 Å². The Morgan fingerprint density at radius 3 is 2.48 bits per heavy atom. The molecule has 0 saturated carbocycles. The van der Waals surface area contributed by atoms with Crippen molar-refractivity contribution in [3.8, 4) is 0 Å². The van der Waals surface area contributed by atoms with Crippen LogP contribution in [0.5, 0.6) is 0 Å². The number of aromatic carboxylic acids is 1. The Balaban J connectivity index is 1.80. The Bertz CT molecular complexity index is 1270. The number of piperidine rings is 1. The van der Waals surface area contributed by atoms with E-state index in [1.165, 1.54) is 0 Å². The van der Waals surface area contributed by atoms with E-state index < -0.39 is 5.97 Å². The number of rotatable bonds is 5. The summed E-state index contributed by atoms with van der Waals surface area (Å²) in [5, 5.41) is 13.4. The van der Waals surface area contributed by atoms with E-state index in [2.05, 4.69) is 24.1 Å². The molecule has 4 rings (SSSR count). The number of para-hydroxylation sites is 1. The van der Waals surface area contributed by atoms with Crippen molar-refractivity contribution in [2.75, 3.05) is 23.3 Å². The zero-order valence-corrected chi connectivity index (χ0v) is 20.0. The molecule has 1 saturated heterocycles. The number of carbonyl (C=O) groups is 1. The van der Waals surface area contributed by atoms with E-state index in [0.717, 1.165) is 37.1 Å². The van der Waals surface area contributed by atoms with Crippen molar-refractivity contribution in [1.29, 1.82) is 0 Å². The first-order valence-electron chi connectivity index (χ1n) is 11.5. The molecule has 1 atom stereocenters. The number of carboxylic acid groups (broad SMARTS) is 1. The molecule has 2 heterocycles. The summed E-state index contributed by atoms with van der Waals surface area (Å²) in [6.45, 7) is 12.0. The highest BCUT2D eigenvalue weighted by Gasteiger charge is 2.29. The first kappa shape index (κ1) is 22.9. The predicted molar refractivity (Wildman–Crippen MR) is 133 cm³/mol. The summed E-state index contributed by atoms with van der Waals surface area (Å²) >= 11 is 0. The highest BCUT2D eigenvalue weighted by molar-refractivity contribution is 5.94.